The van der Waals surface area contributed by atoms with Crippen molar-refractivity contribution < 1.29 is 14.3 Å². The van der Waals surface area contributed by atoms with E-state index in [4.69, 9.17) is 5.11 Å². The zero-order chi connectivity index (χ0) is 9.84. The summed E-state index contributed by atoms with van der Waals surface area (Å²) in [7, 11) is 0. The summed E-state index contributed by atoms with van der Waals surface area (Å²) in [5.41, 5.74) is 0.572. The van der Waals surface area contributed by atoms with E-state index in [-0.39, 0.29) is 5.82 Å². The minimum absolute atomic E-state index is 0.340. The van der Waals surface area contributed by atoms with Crippen LogP contribution in [0.1, 0.15) is 5.56 Å². The van der Waals surface area contributed by atoms with Gasteiger partial charge in [-0.05, 0) is 40.3 Å². The van der Waals surface area contributed by atoms with E-state index < -0.39 is 5.97 Å². The average molecular weight is 292 g/mol. The summed E-state index contributed by atoms with van der Waals surface area (Å²) < 4.78 is 13.3. The second kappa shape index (κ2) is 4.36. The van der Waals surface area contributed by atoms with Gasteiger partial charge in [0.2, 0.25) is 0 Å². The predicted molar refractivity (Wildman–Crippen MR) is 55.8 cm³/mol. The lowest BCUT2D eigenvalue weighted by molar-refractivity contribution is -0.131. The van der Waals surface area contributed by atoms with Gasteiger partial charge in [-0.2, -0.15) is 0 Å². The van der Waals surface area contributed by atoms with E-state index in [0.29, 0.717) is 9.13 Å². The van der Waals surface area contributed by atoms with Crippen molar-refractivity contribution in [3.8, 4) is 0 Å². The van der Waals surface area contributed by atoms with Crippen molar-refractivity contribution in [2.75, 3.05) is 0 Å². The van der Waals surface area contributed by atoms with Crippen LogP contribution in [0.5, 0.6) is 0 Å². The number of halogens is 2. The van der Waals surface area contributed by atoms with Gasteiger partial charge in [-0.25, -0.2) is 9.18 Å². The Labute approximate surface area is 88.2 Å². The van der Waals surface area contributed by atoms with Crippen molar-refractivity contribution >= 4 is 34.6 Å². The van der Waals surface area contributed by atoms with Gasteiger partial charge >= 0.3 is 5.97 Å². The number of hydrogen-bond donors (Lipinski definition) is 1. The molecule has 1 aromatic carbocycles. The van der Waals surface area contributed by atoms with Crippen LogP contribution in [0.15, 0.2) is 24.3 Å². The van der Waals surface area contributed by atoms with Crippen LogP contribution >= 0.6 is 22.6 Å². The molecule has 0 atom stereocenters. The van der Waals surface area contributed by atoms with E-state index in [1.165, 1.54) is 12.1 Å². The third-order valence-corrected chi connectivity index (χ3v) is 2.53. The highest BCUT2D eigenvalue weighted by Gasteiger charge is 2.01. The largest absolute Gasteiger partial charge is 0.478 e. The summed E-state index contributed by atoms with van der Waals surface area (Å²) in [5, 5.41) is 8.35. The number of carbonyl (C=O) groups is 1. The highest BCUT2D eigenvalue weighted by molar-refractivity contribution is 14.1. The normalized spacial score (nSPS) is 10.6. The van der Waals surface area contributed by atoms with Crippen LogP contribution < -0.4 is 0 Å². The SMILES string of the molecule is O=C(O)/C=C/c1cccc(F)c1I. The Hall–Kier alpha value is -0.910. The molecule has 0 aliphatic carbocycles. The molecule has 1 aromatic rings. The molecule has 0 fully saturated rings. The molecule has 13 heavy (non-hydrogen) atoms. The second-order valence-corrected chi connectivity index (χ2v) is 3.39. The smallest absolute Gasteiger partial charge is 0.328 e. The molecule has 1 rings (SSSR count). The molecule has 4 heteroatoms. The van der Waals surface area contributed by atoms with Crippen LogP contribution in [0.2, 0.25) is 0 Å². The van der Waals surface area contributed by atoms with Crippen LogP contribution in [-0.4, -0.2) is 11.1 Å². The first kappa shape index (κ1) is 10.2. The lowest BCUT2D eigenvalue weighted by atomic mass is 10.2. The molecular formula is C9H6FIO2. The Morgan fingerprint density at radius 3 is 2.85 bits per heavy atom. The maximum absolute atomic E-state index is 12.9. The average Bonchev–Trinajstić information content (AvgIpc) is 2.07. The van der Waals surface area contributed by atoms with Gasteiger partial charge in [-0.1, -0.05) is 12.1 Å². The number of carboxylic acid groups (broad SMARTS) is 1. The van der Waals surface area contributed by atoms with Crippen LogP contribution in [0.25, 0.3) is 6.08 Å². The third kappa shape index (κ3) is 2.80. The molecule has 0 radical (unpaired) electrons. The Morgan fingerprint density at radius 1 is 1.54 bits per heavy atom. The molecule has 0 aliphatic rings. The fourth-order valence-corrected chi connectivity index (χ4v) is 1.35. The fourth-order valence-electron chi connectivity index (χ4n) is 0.810. The molecule has 0 unspecified atom stereocenters. The molecule has 0 spiro atoms. The van der Waals surface area contributed by atoms with Crippen molar-refractivity contribution in [3.63, 3.8) is 0 Å². The highest BCUT2D eigenvalue weighted by atomic mass is 127. The Balaban J connectivity index is 3.02. The number of carboxylic acids is 1. The molecule has 2 nitrogen and oxygen atoms in total. The van der Waals surface area contributed by atoms with E-state index in [9.17, 15) is 9.18 Å². The minimum atomic E-state index is -1.04. The van der Waals surface area contributed by atoms with E-state index in [2.05, 4.69) is 0 Å². The quantitative estimate of drug-likeness (QED) is 0.672. The number of rotatable bonds is 2. The predicted octanol–water partition coefficient (Wildman–Crippen LogP) is 2.53. The summed E-state index contributed by atoms with van der Waals surface area (Å²) in [6.45, 7) is 0. The first-order valence-electron chi connectivity index (χ1n) is 3.46. The fraction of sp³-hybridized carbons (Fsp3) is 0. The standard InChI is InChI=1S/C9H6FIO2/c10-7-3-1-2-6(9(7)11)4-5-8(12)13/h1-5H,(H,12,13)/b5-4+. The molecule has 1 N–H and O–H groups in total. The molecule has 0 saturated carbocycles. The zero-order valence-electron chi connectivity index (χ0n) is 6.50. The first-order chi connectivity index (χ1) is 6.11. The molecule has 0 amide bonds. The summed E-state index contributed by atoms with van der Waals surface area (Å²) in [6, 6.07) is 4.53. The molecule has 0 aromatic heterocycles. The van der Waals surface area contributed by atoms with Gasteiger partial charge in [0, 0.05) is 6.08 Å². The first-order valence-corrected chi connectivity index (χ1v) is 4.54. The van der Waals surface area contributed by atoms with Crippen LogP contribution in [0, 0.1) is 9.39 Å². The molecule has 0 saturated heterocycles. The van der Waals surface area contributed by atoms with Gasteiger partial charge in [0.25, 0.3) is 0 Å². The summed E-state index contributed by atoms with van der Waals surface area (Å²) in [4.78, 5) is 10.2. The van der Waals surface area contributed by atoms with E-state index in [1.807, 2.05) is 22.6 Å². The Kier molecular flexibility index (Phi) is 3.41. The van der Waals surface area contributed by atoms with E-state index >= 15 is 0 Å². The van der Waals surface area contributed by atoms with Crippen LogP contribution in [-0.2, 0) is 4.79 Å². The molecular weight excluding hydrogens is 286 g/mol. The number of aliphatic carboxylic acids is 1. The summed E-state index contributed by atoms with van der Waals surface area (Å²) in [5.74, 6) is -1.38. The maximum atomic E-state index is 12.9. The van der Waals surface area contributed by atoms with Gasteiger partial charge in [-0.15, -0.1) is 0 Å². The summed E-state index contributed by atoms with van der Waals surface area (Å²) >= 11 is 1.83. The van der Waals surface area contributed by atoms with Gasteiger partial charge in [-0.3, -0.25) is 0 Å². The van der Waals surface area contributed by atoms with Gasteiger partial charge < -0.3 is 5.11 Å². The monoisotopic (exact) mass is 292 g/mol. The third-order valence-electron chi connectivity index (χ3n) is 1.39. The minimum Gasteiger partial charge on any atom is -0.478 e. The van der Waals surface area contributed by atoms with Crippen molar-refractivity contribution in [1.82, 2.24) is 0 Å². The summed E-state index contributed by atoms with van der Waals surface area (Å²) in [6.07, 6.45) is 2.35. The molecule has 0 aliphatic heterocycles. The van der Waals surface area contributed by atoms with E-state index in [1.54, 1.807) is 12.1 Å². The van der Waals surface area contributed by atoms with Crippen LogP contribution in [0.4, 0.5) is 4.39 Å². The molecule has 0 heterocycles. The molecule has 0 bridgehead atoms. The van der Waals surface area contributed by atoms with E-state index in [0.717, 1.165) is 6.08 Å². The Morgan fingerprint density at radius 2 is 2.23 bits per heavy atom. The van der Waals surface area contributed by atoms with Crippen molar-refractivity contribution in [3.05, 3.63) is 39.2 Å². The van der Waals surface area contributed by atoms with Crippen LogP contribution in [0.3, 0.4) is 0 Å². The number of benzene rings is 1. The molecule has 68 valence electrons. The topological polar surface area (TPSA) is 37.3 Å². The second-order valence-electron chi connectivity index (χ2n) is 2.31. The lowest BCUT2D eigenvalue weighted by Crippen LogP contribution is -1.89. The maximum Gasteiger partial charge on any atom is 0.328 e. The number of hydrogen-bond acceptors (Lipinski definition) is 1. The Bertz CT molecular complexity index is 361. The van der Waals surface area contributed by atoms with Crippen molar-refractivity contribution in [2.24, 2.45) is 0 Å². The van der Waals surface area contributed by atoms with Gasteiger partial charge in [0.1, 0.15) is 5.82 Å². The lowest BCUT2D eigenvalue weighted by Gasteiger charge is -1.97. The highest BCUT2D eigenvalue weighted by Crippen LogP contribution is 2.16. The van der Waals surface area contributed by atoms with Gasteiger partial charge in [0.15, 0.2) is 0 Å². The van der Waals surface area contributed by atoms with Crippen molar-refractivity contribution in [2.45, 2.75) is 0 Å². The zero-order valence-corrected chi connectivity index (χ0v) is 8.66. The van der Waals surface area contributed by atoms with Gasteiger partial charge in [0.05, 0.1) is 3.57 Å². The van der Waals surface area contributed by atoms with Crippen molar-refractivity contribution in [1.29, 1.82) is 0 Å².